The summed E-state index contributed by atoms with van der Waals surface area (Å²) in [5.41, 5.74) is 2.99. The normalized spacial score (nSPS) is 18.0. The highest BCUT2D eigenvalue weighted by molar-refractivity contribution is 5.80. The third kappa shape index (κ3) is 5.81. The van der Waals surface area contributed by atoms with Crippen LogP contribution in [0.1, 0.15) is 42.4 Å². The first-order chi connectivity index (χ1) is 15.1. The van der Waals surface area contributed by atoms with Crippen LogP contribution in [0.5, 0.6) is 0 Å². The molecule has 2 aromatic carbocycles. The molecule has 1 aromatic heterocycles. The SMILES string of the molecule is O=C(CC[C@@]1(Cc2ccccc2)CCC(=O)N1)NCc1cnn(Cc2ccccc2)c1. The molecule has 6 heteroatoms. The van der Waals surface area contributed by atoms with Gasteiger partial charge in [-0.25, -0.2) is 0 Å². The van der Waals surface area contributed by atoms with Crippen molar-refractivity contribution >= 4 is 11.8 Å². The highest BCUT2D eigenvalue weighted by atomic mass is 16.2. The zero-order valence-electron chi connectivity index (χ0n) is 17.6. The number of carbonyl (C=O) groups is 2. The number of nitrogens with zero attached hydrogens (tertiary/aromatic N) is 2. The van der Waals surface area contributed by atoms with Gasteiger partial charge in [0.05, 0.1) is 12.7 Å². The Morgan fingerprint density at radius 1 is 1.03 bits per heavy atom. The van der Waals surface area contributed by atoms with E-state index in [1.807, 2.05) is 47.3 Å². The zero-order valence-corrected chi connectivity index (χ0v) is 17.6. The first-order valence-electron chi connectivity index (χ1n) is 10.8. The molecule has 0 saturated carbocycles. The fraction of sp³-hybridized carbons (Fsp3) is 0.320. The molecule has 0 unspecified atom stereocenters. The van der Waals surface area contributed by atoms with Crippen molar-refractivity contribution < 1.29 is 9.59 Å². The molecule has 1 fully saturated rings. The monoisotopic (exact) mass is 416 g/mol. The highest BCUT2D eigenvalue weighted by Crippen LogP contribution is 2.29. The lowest BCUT2D eigenvalue weighted by molar-refractivity contribution is -0.122. The minimum Gasteiger partial charge on any atom is -0.352 e. The minimum absolute atomic E-state index is 0.00982. The van der Waals surface area contributed by atoms with E-state index in [0.29, 0.717) is 32.4 Å². The Kier molecular flexibility index (Phi) is 6.46. The van der Waals surface area contributed by atoms with Gasteiger partial charge in [-0.15, -0.1) is 0 Å². The summed E-state index contributed by atoms with van der Waals surface area (Å²) in [6, 6.07) is 20.3. The molecule has 2 N–H and O–H groups in total. The van der Waals surface area contributed by atoms with Crippen LogP contribution in [0.25, 0.3) is 0 Å². The molecule has 2 amide bonds. The van der Waals surface area contributed by atoms with E-state index < -0.39 is 0 Å². The molecule has 1 aliphatic rings. The average molecular weight is 417 g/mol. The summed E-state index contributed by atoms with van der Waals surface area (Å²) >= 11 is 0. The van der Waals surface area contributed by atoms with Crippen LogP contribution < -0.4 is 10.6 Å². The molecule has 0 spiro atoms. The summed E-state index contributed by atoms with van der Waals surface area (Å²) in [7, 11) is 0. The number of carbonyl (C=O) groups excluding carboxylic acids is 2. The molecule has 0 radical (unpaired) electrons. The Balaban J connectivity index is 1.28. The fourth-order valence-corrected chi connectivity index (χ4v) is 4.17. The smallest absolute Gasteiger partial charge is 0.220 e. The van der Waals surface area contributed by atoms with Crippen molar-refractivity contribution in [1.82, 2.24) is 20.4 Å². The molecule has 160 valence electrons. The molecular weight excluding hydrogens is 388 g/mol. The van der Waals surface area contributed by atoms with Crippen LogP contribution in [0.3, 0.4) is 0 Å². The number of hydrogen-bond donors (Lipinski definition) is 2. The van der Waals surface area contributed by atoms with Gasteiger partial charge in [0, 0.05) is 36.7 Å². The van der Waals surface area contributed by atoms with Gasteiger partial charge >= 0.3 is 0 Å². The van der Waals surface area contributed by atoms with Gasteiger partial charge in [-0.05, 0) is 30.4 Å². The first kappa shape index (κ1) is 20.8. The average Bonchev–Trinajstić information content (AvgIpc) is 3.39. The topological polar surface area (TPSA) is 76.0 Å². The number of aromatic nitrogens is 2. The van der Waals surface area contributed by atoms with E-state index in [-0.39, 0.29) is 17.4 Å². The molecule has 6 nitrogen and oxygen atoms in total. The van der Waals surface area contributed by atoms with Crippen LogP contribution in [-0.4, -0.2) is 27.1 Å². The van der Waals surface area contributed by atoms with E-state index >= 15 is 0 Å². The maximum atomic E-state index is 12.5. The van der Waals surface area contributed by atoms with E-state index in [1.54, 1.807) is 6.20 Å². The third-order valence-corrected chi connectivity index (χ3v) is 5.81. The summed E-state index contributed by atoms with van der Waals surface area (Å²) in [5, 5.41) is 10.5. The fourth-order valence-electron chi connectivity index (χ4n) is 4.17. The third-order valence-electron chi connectivity index (χ3n) is 5.81. The van der Waals surface area contributed by atoms with E-state index in [4.69, 9.17) is 0 Å². The van der Waals surface area contributed by atoms with Crippen LogP contribution in [0, 0.1) is 0 Å². The summed E-state index contributed by atoms with van der Waals surface area (Å²) < 4.78 is 1.87. The van der Waals surface area contributed by atoms with Gasteiger partial charge < -0.3 is 10.6 Å². The van der Waals surface area contributed by atoms with Gasteiger partial charge in [0.1, 0.15) is 0 Å². The van der Waals surface area contributed by atoms with Crippen molar-refractivity contribution in [3.8, 4) is 0 Å². The van der Waals surface area contributed by atoms with E-state index in [0.717, 1.165) is 18.4 Å². The maximum Gasteiger partial charge on any atom is 0.220 e. The standard InChI is InChI=1S/C25H28N4O2/c30-23(26-16-22-17-27-29(19-22)18-21-9-5-2-6-10-21)11-13-25(14-12-24(31)28-25)15-20-7-3-1-4-8-20/h1-10,17,19H,11-16,18H2,(H,26,30)(H,28,31)/t25-/m0/s1. The van der Waals surface area contributed by atoms with E-state index in [2.05, 4.69) is 40.0 Å². The number of hydrogen-bond acceptors (Lipinski definition) is 3. The van der Waals surface area contributed by atoms with Crippen molar-refractivity contribution in [3.05, 3.63) is 89.7 Å². The number of rotatable bonds is 9. The van der Waals surface area contributed by atoms with Gasteiger partial charge in [0.25, 0.3) is 0 Å². The van der Waals surface area contributed by atoms with Crippen LogP contribution in [0.2, 0.25) is 0 Å². The first-order valence-corrected chi connectivity index (χ1v) is 10.8. The van der Waals surface area contributed by atoms with E-state index in [1.165, 1.54) is 11.1 Å². The second-order valence-electron chi connectivity index (χ2n) is 8.30. The zero-order chi connectivity index (χ0) is 21.5. The van der Waals surface area contributed by atoms with Gasteiger partial charge in [0.2, 0.25) is 11.8 Å². The van der Waals surface area contributed by atoms with Crippen LogP contribution >= 0.6 is 0 Å². The van der Waals surface area contributed by atoms with Gasteiger partial charge in [-0.2, -0.15) is 5.10 Å². The number of nitrogens with one attached hydrogen (secondary N) is 2. The Hall–Kier alpha value is -3.41. The molecule has 2 heterocycles. The largest absolute Gasteiger partial charge is 0.352 e. The molecule has 4 rings (SSSR count). The number of benzene rings is 2. The van der Waals surface area contributed by atoms with Crippen molar-refractivity contribution in [2.45, 2.75) is 50.7 Å². The predicted octanol–water partition coefficient (Wildman–Crippen LogP) is 3.22. The summed E-state index contributed by atoms with van der Waals surface area (Å²) in [4.78, 5) is 24.4. The molecule has 1 saturated heterocycles. The van der Waals surface area contributed by atoms with Gasteiger partial charge in [0.15, 0.2) is 0 Å². The van der Waals surface area contributed by atoms with Crippen molar-refractivity contribution in [3.63, 3.8) is 0 Å². The van der Waals surface area contributed by atoms with Gasteiger partial charge in [-0.1, -0.05) is 60.7 Å². The summed E-state index contributed by atoms with van der Waals surface area (Å²) in [6.07, 6.45) is 6.80. The molecule has 0 bridgehead atoms. The van der Waals surface area contributed by atoms with Crippen molar-refractivity contribution in [2.24, 2.45) is 0 Å². The summed E-state index contributed by atoms with van der Waals surface area (Å²) in [6.45, 7) is 1.15. The quantitative estimate of drug-likeness (QED) is 0.562. The van der Waals surface area contributed by atoms with Crippen LogP contribution in [0.15, 0.2) is 73.1 Å². The van der Waals surface area contributed by atoms with Gasteiger partial charge in [-0.3, -0.25) is 14.3 Å². The molecule has 1 atom stereocenters. The van der Waals surface area contributed by atoms with Crippen molar-refractivity contribution in [1.29, 1.82) is 0 Å². The Labute approximate surface area is 182 Å². The van der Waals surface area contributed by atoms with Crippen molar-refractivity contribution in [2.75, 3.05) is 0 Å². The van der Waals surface area contributed by atoms with Crippen LogP contribution in [-0.2, 0) is 29.1 Å². The number of amides is 2. The summed E-state index contributed by atoms with van der Waals surface area (Å²) in [5.74, 6) is 0.0616. The highest BCUT2D eigenvalue weighted by Gasteiger charge is 2.37. The molecule has 3 aromatic rings. The van der Waals surface area contributed by atoms with E-state index in [9.17, 15) is 9.59 Å². The minimum atomic E-state index is -0.337. The molecular formula is C25H28N4O2. The van der Waals surface area contributed by atoms with Crippen LogP contribution in [0.4, 0.5) is 0 Å². The lowest BCUT2D eigenvalue weighted by atomic mass is 9.85. The lowest BCUT2D eigenvalue weighted by Crippen LogP contribution is -2.44. The maximum absolute atomic E-state index is 12.5. The predicted molar refractivity (Wildman–Crippen MR) is 119 cm³/mol. The second-order valence-corrected chi connectivity index (χ2v) is 8.30. The lowest BCUT2D eigenvalue weighted by Gasteiger charge is -2.29. The second kappa shape index (κ2) is 9.60. The molecule has 1 aliphatic heterocycles. The molecule has 31 heavy (non-hydrogen) atoms. The molecule has 0 aliphatic carbocycles. The Morgan fingerprint density at radius 3 is 2.42 bits per heavy atom. The Bertz CT molecular complexity index is 1020. The Morgan fingerprint density at radius 2 is 1.74 bits per heavy atom.